The zero-order valence-corrected chi connectivity index (χ0v) is 17.5. The third kappa shape index (κ3) is 9.22. The summed E-state index contributed by atoms with van der Waals surface area (Å²) < 4.78 is 0. The summed E-state index contributed by atoms with van der Waals surface area (Å²) in [5.41, 5.74) is 2.43. The molecule has 0 aliphatic heterocycles. The predicted molar refractivity (Wildman–Crippen MR) is 114 cm³/mol. The van der Waals surface area contributed by atoms with Crippen LogP contribution in [0.15, 0.2) is 30.3 Å². The molecule has 0 unspecified atom stereocenters. The van der Waals surface area contributed by atoms with E-state index >= 15 is 0 Å². The average molecular weight is 358 g/mol. The molecule has 2 heteroatoms. The highest BCUT2D eigenvalue weighted by atomic mass is 16.2. The van der Waals surface area contributed by atoms with Crippen LogP contribution in [-0.2, 0) is 4.79 Å². The van der Waals surface area contributed by atoms with Gasteiger partial charge in [0.15, 0.2) is 0 Å². The summed E-state index contributed by atoms with van der Waals surface area (Å²) in [5.74, 6) is 0.697. The van der Waals surface area contributed by atoms with Crippen molar-refractivity contribution in [3.63, 3.8) is 0 Å². The van der Waals surface area contributed by atoms with Crippen LogP contribution in [0.25, 0.3) is 6.08 Å². The van der Waals surface area contributed by atoms with Crippen LogP contribution in [0.2, 0.25) is 0 Å². The van der Waals surface area contributed by atoms with Gasteiger partial charge in [-0.3, -0.25) is 4.79 Å². The molecule has 1 aromatic carbocycles. The van der Waals surface area contributed by atoms with Crippen molar-refractivity contribution in [3.05, 3.63) is 41.5 Å². The van der Waals surface area contributed by atoms with E-state index in [1.165, 1.54) is 44.1 Å². The van der Waals surface area contributed by atoms with E-state index in [2.05, 4.69) is 52.0 Å². The lowest BCUT2D eigenvalue weighted by atomic mass is 10.0. The number of carbonyl (C=O) groups excluding carboxylic acids is 1. The molecule has 0 saturated carbocycles. The maximum Gasteiger partial charge on any atom is 0.246 e. The first-order valence-electron chi connectivity index (χ1n) is 10.6. The molecule has 0 aliphatic rings. The number of rotatable bonds is 13. The van der Waals surface area contributed by atoms with Gasteiger partial charge in [-0.2, -0.15) is 0 Å². The Morgan fingerprint density at radius 3 is 1.88 bits per heavy atom. The Balaban J connectivity index is 2.60. The fraction of sp³-hybridized carbons (Fsp3) is 0.625. The predicted octanol–water partition coefficient (Wildman–Crippen LogP) is 6.81. The fourth-order valence-electron chi connectivity index (χ4n) is 3.06. The van der Waals surface area contributed by atoms with Gasteiger partial charge in [-0.15, -0.1) is 0 Å². The zero-order chi connectivity index (χ0) is 19.2. The zero-order valence-electron chi connectivity index (χ0n) is 17.5. The van der Waals surface area contributed by atoms with Crippen molar-refractivity contribution in [2.75, 3.05) is 13.1 Å². The molecule has 0 saturated heterocycles. The number of hydrogen-bond donors (Lipinski definition) is 0. The Morgan fingerprint density at radius 1 is 0.885 bits per heavy atom. The molecule has 0 atom stereocenters. The van der Waals surface area contributed by atoms with Crippen molar-refractivity contribution >= 4 is 12.0 Å². The van der Waals surface area contributed by atoms with Gasteiger partial charge in [-0.25, -0.2) is 0 Å². The van der Waals surface area contributed by atoms with Crippen LogP contribution in [0.5, 0.6) is 0 Å². The Bertz CT molecular complexity index is 504. The van der Waals surface area contributed by atoms with Crippen LogP contribution in [0, 0.1) is 0 Å². The summed E-state index contributed by atoms with van der Waals surface area (Å²) in [6.07, 6.45) is 13.4. The first-order chi connectivity index (χ1) is 12.6. The van der Waals surface area contributed by atoms with E-state index in [1.54, 1.807) is 6.08 Å². The molecule has 26 heavy (non-hydrogen) atoms. The van der Waals surface area contributed by atoms with Gasteiger partial charge in [-0.05, 0) is 36.0 Å². The molecule has 0 spiro atoms. The molecule has 2 nitrogen and oxygen atoms in total. The first kappa shape index (κ1) is 22.5. The van der Waals surface area contributed by atoms with Gasteiger partial charge in [0.2, 0.25) is 5.91 Å². The maximum absolute atomic E-state index is 12.7. The number of nitrogens with zero attached hydrogens (tertiary/aromatic N) is 1. The Hall–Kier alpha value is -1.57. The van der Waals surface area contributed by atoms with E-state index in [-0.39, 0.29) is 5.91 Å². The van der Waals surface area contributed by atoms with Crippen molar-refractivity contribution < 1.29 is 4.79 Å². The van der Waals surface area contributed by atoms with Gasteiger partial charge in [0.1, 0.15) is 0 Å². The lowest BCUT2D eigenvalue weighted by molar-refractivity contribution is -0.126. The van der Waals surface area contributed by atoms with Crippen molar-refractivity contribution in [2.24, 2.45) is 0 Å². The number of benzene rings is 1. The summed E-state index contributed by atoms with van der Waals surface area (Å²) in [7, 11) is 0. The van der Waals surface area contributed by atoms with Crippen LogP contribution in [0.4, 0.5) is 0 Å². The minimum Gasteiger partial charge on any atom is -0.339 e. The summed E-state index contributed by atoms with van der Waals surface area (Å²) in [5, 5.41) is 0. The van der Waals surface area contributed by atoms with Crippen molar-refractivity contribution in [1.82, 2.24) is 4.90 Å². The van der Waals surface area contributed by atoms with E-state index < -0.39 is 0 Å². The fourth-order valence-corrected chi connectivity index (χ4v) is 3.06. The molecular weight excluding hydrogens is 318 g/mol. The topological polar surface area (TPSA) is 20.3 Å². The monoisotopic (exact) mass is 357 g/mol. The lowest BCUT2D eigenvalue weighted by Crippen LogP contribution is -2.31. The highest BCUT2D eigenvalue weighted by Crippen LogP contribution is 2.15. The molecular formula is C24H39NO. The third-order valence-electron chi connectivity index (χ3n) is 4.90. The van der Waals surface area contributed by atoms with Gasteiger partial charge in [-0.1, -0.05) is 90.5 Å². The van der Waals surface area contributed by atoms with Crippen LogP contribution < -0.4 is 0 Å². The number of unbranched alkanes of at least 4 members (excludes halogenated alkanes) is 6. The molecule has 1 amide bonds. The summed E-state index contributed by atoms with van der Waals surface area (Å²) >= 11 is 0. The largest absolute Gasteiger partial charge is 0.339 e. The molecule has 1 rings (SSSR count). The summed E-state index contributed by atoms with van der Waals surface area (Å²) in [6, 6.07) is 8.52. The molecule has 0 aliphatic carbocycles. The molecule has 1 aromatic rings. The first-order valence-corrected chi connectivity index (χ1v) is 10.6. The van der Waals surface area contributed by atoms with E-state index in [9.17, 15) is 4.79 Å². The Morgan fingerprint density at radius 2 is 1.42 bits per heavy atom. The van der Waals surface area contributed by atoms with Crippen LogP contribution in [-0.4, -0.2) is 23.9 Å². The van der Waals surface area contributed by atoms with E-state index in [0.29, 0.717) is 5.92 Å². The molecule has 0 fully saturated rings. The minimum atomic E-state index is 0.158. The normalized spacial score (nSPS) is 11.4. The quantitative estimate of drug-likeness (QED) is 0.280. The Labute approximate surface area is 161 Å². The number of carbonyl (C=O) groups is 1. The van der Waals surface area contributed by atoms with Crippen LogP contribution in [0.1, 0.15) is 96.1 Å². The second-order valence-electron chi connectivity index (χ2n) is 7.60. The molecule has 0 bridgehead atoms. The standard InChI is InChI=1S/C24H39NO/c1-5-7-9-11-19-25(20-12-10-8-6-2)24(26)18-15-22-13-16-23(17-14-22)21(3)4/h13-18,21H,5-12,19-20H2,1-4H3. The van der Waals surface area contributed by atoms with Gasteiger partial charge < -0.3 is 4.90 Å². The second-order valence-corrected chi connectivity index (χ2v) is 7.60. The van der Waals surface area contributed by atoms with Gasteiger partial charge in [0.25, 0.3) is 0 Å². The van der Waals surface area contributed by atoms with Crippen molar-refractivity contribution in [3.8, 4) is 0 Å². The van der Waals surface area contributed by atoms with E-state index in [4.69, 9.17) is 0 Å². The second kappa shape index (κ2) is 13.6. The molecule has 0 aromatic heterocycles. The average Bonchev–Trinajstić information content (AvgIpc) is 2.65. The van der Waals surface area contributed by atoms with E-state index in [1.807, 2.05) is 11.0 Å². The highest BCUT2D eigenvalue weighted by Gasteiger charge is 2.10. The summed E-state index contributed by atoms with van der Waals surface area (Å²) in [4.78, 5) is 14.7. The smallest absolute Gasteiger partial charge is 0.246 e. The molecule has 0 heterocycles. The van der Waals surface area contributed by atoms with Crippen LogP contribution in [0.3, 0.4) is 0 Å². The maximum atomic E-state index is 12.7. The highest BCUT2D eigenvalue weighted by molar-refractivity contribution is 5.91. The van der Waals surface area contributed by atoms with Gasteiger partial charge in [0, 0.05) is 19.2 Å². The molecule has 0 N–H and O–H groups in total. The number of amides is 1. The van der Waals surface area contributed by atoms with E-state index in [0.717, 1.165) is 31.5 Å². The van der Waals surface area contributed by atoms with Crippen LogP contribution >= 0.6 is 0 Å². The SMILES string of the molecule is CCCCCCN(CCCCCC)C(=O)C=Cc1ccc(C(C)C)cc1. The third-order valence-corrected chi connectivity index (χ3v) is 4.90. The van der Waals surface area contributed by atoms with Crippen molar-refractivity contribution in [1.29, 1.82) is 0 Å². The molecule has 146 valence electrons. The Kier molecular flexibility index (Phi) is 11.8. The number of hydrogen-bond acceptors (Lipinski definition) is 1. The lowest BCUT2D eigenvalue weighted by Gasteiger charge is -2.21. The van der Waals surface area contributed by atoms with Crippen molar-refractivity contribution in [2.45, 2.75) is 85.0 Å². The minimum absolute atomic E-state index is 0.158. The van der Waals surface area contributed by atoms with Gasteiger partial charge >= 0.3 is 0 Å². The van der Waals surface area contributed by atoms with Gasteiger partial charge in [0.05, 0.1) is 0 Å². The summed E-state index contributed by atoms with van der Waals surface area (Å²) in [6.45, 7) is 10.6. The molecule has 0 radical (unpaired) electrons.